The van der Waals surface area contributed by atoms with Crippen molar-refractivity contribution in [2.75, 3.05) is 6.54 Å². The van der Waals surface area contributed by atoms with Gasteiger partial charge in [-0.3, -0.25) is 9.59 Å². The molecule has 23 heavy (non-hydrogen) atoms. The summed E-state index contributed by atoms with van der Waals surface area (Å²) in [5.74, 6) is -0.545. The number of rotatable bonds is 6. The first kappa shape index (κ1) is 16.7. The lowest BCUT2D eigenvalue weighted by Crippen LogP contribution is -2.42. The highest BCUT2D eigenvalue weighted by molar-refractivity contribution is 5.82. The van der Waals surface area contributed by atoms with Crippen LogP contribution in [0.2, 0.25) is 0 Å². The van der Waals surface area contributed by atoms with E-state index in [9.17, 15) is 9.59 Å². The van der Waals surface area contributed by atoms with Crippen molar-refractivity contribution in [2.24, 2.45) is 11.1 Å². The molecule has 3 N–H and O–H groups in total. The van der Waals surface area contributed by atoms with E-state index in [1.54, 1.807) is 13.8 Å². The van der Waals surface area contributed by atoms with E-state index in [0.29, 0.717) is 0 Å². The topological polar surface area (TPSA) is 72.2 Å². The summed E-state index contributed by atoms with van der Waals surface area (Å²) in [6, 6.07) is 18.0. The molecule has 120 valence electrons. The fraction of sp³-hybridized carbons (Fsp3) is 0.263. The number of nitrogens with one attached hydrogen (secondary N) is 1. The van der Waals surface area contributed by atoms with Crippen LogP contribution in [-0.2, 0) is 16.0 Å². The van der Waals surface area contributed by atoms with Crippen LogP contribution in [0.4, 0.5) is 0 Å². The van der Waals surface area contributed by atoms with Crippen molar-refractivity contribution < 1.29 is 9.59 Å². The van der Waals surface area contributed by atoms with Gasteiger partial charge in [0.15, 0.2) is 0 Å². The second-order valence-electron chi connectivity index (χ2n) is 6.26. The molecule has 0 aliphatic carbocycles. The summed E-state index contributed by atoms with van der Waals surface area (Å²) in [4.78, 5) is 23.2. The first-order valence-corrected chi connectivity index (χ1v) is 7.59. The van der Waals surface area contributed by atoms with Gasteiger partial charge in [-0.2, -0.15) is 0 Å². The molecule has 4 heteroatoms. The zero-order chi connectivity index (χ0) is 16.9. The van der Waals surface area contributed by atoms with Crippen LogP contribution in [0.1, 0.15) is 19.4 Å². The molecule has 0 spiro atoms. The standard InChI is InChI=1S/C19H22N2O2/c1-19(2,18(20)23)13-21-17(22)12-14-8-10-16(11-9-14)15-6-4-3-5-7-15/h3-11H,12-13H2,1-2H3,(H2,20,23)(H,21,22). The molecular weight excluding hydrogens is 288 g/mol. The molecule has 0 atom stereocenters. The van der Waals surface area contributed by atoms with E-state index in [0.717, 1.165) is 16.7 Å². The first-order chi connectivity index (χ1) is 10.9. The number of carbonyl (C=O) groups is 2. The molecule has 0 heterocycles. The Kier molecular flexibility index (Phi) is 5.16. The highest BCUT2D eigenvalue weighted by Gasteiger charge is 2.25. The van der Waals surface area contributed by atoms with Crippen LogP contribution < -0.4 is 11.1 Å². The summed E-state index contributed by atoms with van der Waals surface area (Å²) in [7, 11) is 0. The highest BCUT2D eigenvalue weighted by atomic mass is 16.2. The summed E-state index contributed by atoms with van der Waals surface area (Å²) in [6.07, 6.45) is 0.282. The van der Waals surface area contributed by atoms with Crippen LogP contribution in [-0.4, -0.2) is 18.4 Å². The SMILES string of the molecule is CC(C)(CNC(=O)Cc1ccc(-c2ccccc2)cc1)C(N)=O. The Hall–Kier alpha value is -2.62. The Balaban J connectivity index is 1.93. The molecular formula is C19H22N2O2. The van der Waals surface area contributed by atoms with Gasteiger partial charge in [-0.15, -0.1) is 0 Å². The van der Waals surface area contributed by atoms with Crippen LogP contribution in [0.25, 0.3) is 11.1 Å². The molecule has 2 amide bonds. The minimum atomic E-state index is -0.743. The summed E-state index contributed by atoms with van der Waals surface area (Å²) in [6.45, 7) is 3.66. The lowest BCUT2D eigenvalue weighted by atomic mass is 9.92. The van der Waals surface area contributed by atoms with Gasteiger partial charge < -0.3 is 11.1 Å². The molecule has 0 unspecified atom stereocenters. The molecule has 2 rings (SSSR count). The Morgan fingerprint density at radius 2 is 1.52 bits per heavy atom. The molecule has 0 bridgehead atoms. The third-order valence-corrected chi connectivity index (χ3v) is 3.82. The van der Waals surface area contributed by atoms with E-state index < -0.39 is 11.3 Å². The molecule has 0 aliphatic heterocycles. The number of hydrogen-bond donors (Lipinski definition) is 2. The van der Waals surface area contributed by atoms with Gasteiger partial charge >= 0.3 is 0 Å². The third kappa shape index (κ3) is 4.68. The lowest BCUT2D eigenvalue weighted by molar-refractivity contribution is -0.126. The minimum Gasteiger partial charge on any atom is -0.369 e. The maximum Gasteiger partial charge on any atom is 0.224 e. The van der Waals surface area contributed by atoms with Gasteiger partial charge in [0.05, 0.1) is 11.8 Å². The molecule has 0 saturated carbocycles. The summed E-state index contributed by atoms with van der Waals surface area (Å²) in [5.41, 5.74) is 7.74. The average Bonchev–Trinajstić information content (AvgIpc) is 2.54. The number of carbonyl (C=O) groups excluding carboxylic acids is 2. The molecule has 0 saturated heterocycles. The number of hydrogen-bond acceptors (Lipinski definition) is 2. The van der Waals surface area contributed by atoms with Crippen molar-refractivity contribution >= 4 is 11.8 Å². The predicted molar refractivity (Wildman–Crippen MR) is 91.6 cm³/mol. The van der Waals surface area contributed by atoms with E-state index in [1.165, 1.54) is 0 Å². The molecule has 2 aromatic carbocycles. The zero-order valence-corrected chi connectivity index (χ0v) is 13.5. The van der Waals surface area contributed by atoms with E-state index >= 15 is 0 Å². The molecule has 2 aromatic rings. The van der Waals surface area contributed by atoms with Gasteiger partial charge in [0.25, 0.3) is 0 Å². The average molecular weight is 310 g/mol. The van der Waals surface area contributed by atoms with Crippen LogP contribution in [0.3, 0.4) is 0 Å². The van der Waals surface area contributed by atoms with E-state index in [-0.39, 0.29) is 18.9 Å². The van der Waals surface area contributed by atoms with Gasteiger partial charge in [-0.1, -0.05) is 54.6 Å². The van der Waals surface area contributed by atoms with Crippen molar-refractivity contribution in [1.29, 1.82) is 0 Å². The third-order valence-electron chi connectivity index (χ3n) is 3.82. The van der Waals surface area contributed by atoms with E-state index in [1.807, 2.05) is 54.6 Å². The van der Waals surface area contributed by atoms with Crippen molar-refractivity contribution in [3.05, 3.63) is 60.2 Å². The molecule has 0 aromatic heterocycles. The van der Waals surface area contributed by atoms with E-state index in [2.05, 4.69) is 5.32 Å². The Morgan fingerprint density at radius 3 is 2.09 bits per heavy atom. The first-order valence-electron chi connectivity index (χ1n) is 7.59. The largest absolute Gasteiger partial charge is 0.369 e. The van der Waals surface area contributed by atoms with E-state index in [4.69, 9.17) is 5.73 Å². The predicted octanol–water partition coefficient (Wildman–Crippen LogP) is 2.52. The zero-order valence-electron chi connectivity index (χ0n) is 13.5. The second kappa shape index (κ2) is 7.09. The van der Waals surface area contributed by atoms with Gasteiger partial charge in [0.2, 0.25) is 11.8 Å². The van der Waals surface area contributed by atoms with Gasteiger partial charge in [-0.25, -0.2) is 0 Å². The van der Waals surface area contributed by atoms with Crippen LogP contribution in [0, 0.1) is 5.41 Å². The number of nitrogens with two attached hydrogens (primary N) is 1. The Labute approximate surface area is 136 Å². The Morgan fingerprint density at radius 1 is 0.957 bits per heavy atom. The van der Waals surface area contributed by atoms with Crippen molar-refractivity contribution in [2.45, 2.75) is 20.3 Å². The Bertz CT molecular complexity index is 676. The van der Waals surface area contributed by atoms with Gasteiger partial charge in [0.1, 0.15) is 0 Å². The number of amides is 2. The van der Waals surface area contributed by atoms with Crippen LogP contribution in [0.5, 0.6) is 0 Å². The maximum absolute atomic E-state index is 12.0. The van der Waals surface area contributed by atoms with Crippen LogP contribution in [0.15, 0.2) is 54.6 Å². The summed E-state index contributed by atoms with van der Waals surface area (Å²) < 4.78 is 0. The highest BCUT2D eigenvalue weighted by Crippen LogP contribution is 2.19. The maximum atomic E-state index is 12.0. The normalized spacial score (nSPS) is 11.0. The molecule has 0 fully saturated rings. The van der Waals surface area contributed by atoms with Gasteiger partial charge in [0, 0.05) is 6.54 Å². The summed E-state index contributed by atoms with van der Waals surface area (Å²) in [5, 5.41) is 2.76. The van der Waals surface area contributed by atoms with Crippen molar-refractivity contribution in [1.82, 2.24) is 5.32 Å². The van der Waals surface area contributed by atoms with Crippen LogP contribution >= 0.6 is 0 Å². The monoisotopic (exact) mass is 310 g/mol. The fourth-order valence-corrected chi connectivity index (χ4v) is 2.10. The lowest BCUT2D eigenvalue weighted by Gasteiger charge is -2.20. The fourth-order valence-electron chi connectivity index (χ4n) is 2.10. The van der Waals surface area contributed by atoms with Crippen molar-refractivity contribution in [3.63, 3.8) is 0 Å². The number of primary amides is 1. The minimum absolute atomic E-state index is 0.119. The van der Waals surface area contributed by atoms with Crippen molar-refractivity contribution in [3.8, 4) is 11.1 Å². The molecule has 0 aliphatic rings. The summed E-state index contributed by atoms with van der Waals surface area (Å²) >= 11 is 0. The van der Waals surface area contributed by atoms with Gasteiger partial charge in [-0.05, 0) is 30.5 Å². The smallest absolute Gasteiger partial charge is 0.224 e. The number of benzene rings is 2. The second-order valence-corrected chi connectivity index (χ2v) is 6.26. The molecule has 0 radical (unpaired) electrons. The molecule has 4 nitrogen and oxygen atoms in total. The quantitative estimate of drug-likeness (QED) is 0.860.